The highest BCUT2D eigenvalue weighted by Crippen LogP contribution is 2.33. The van der Waals surface area contributed by atoms with E-state index in [2.05, 4.69) is 5.32 Å². The van der Waals surface area contributed by atoms with Gasteiger partial charge in [-0.25, -0.2) is 0 Å². The van der Waals surface area contributed by atoms with E-state index in [-0.39, 0.29) is 12.2 Å². The molecule has 2 N–H and O–H groups in total. The summed E-state index contributed by atoms with van der Waals surface area (Å²) < 4.78 is 18.7. The number of benzene rings is 1. The zero-order chi connectivity index (χ0) is 15.5. The fourth-order valence-corrected chi connectivity index (χ4v) is 2.34. The molecule has 0 amide bonds. The first-order chi connectivity index (χ1) is 9.96. The van der Waals surface area contributed by atoms with Crippen molar-refractivity contribution in [3.63, 3.8) is 0 Å². The second kappa shape index (κ2) is 6.04. The molecule has 0 spiro atoms. The van der Waals surface area contributed by atoms with Crippen molar-refractivity contribution >= 4 is 17.3 Å². The number of para-hydroxylation sites is 1. The molecule has 8 heteroatoms. The number of anilines is 1. The molecular formula is C13H15FN2O5. The smallest absolute Gasteiger partial charge is 0.327 e. The molecule has 2 rings (SSSR count). The Kier molecular flexibility index (Phi) is 4.37. The number of carboxylic acid groups (broad SMARTS) is 1. The van der Waals surface area contributed by atoms with E-state index in [1.165, 1.54) is 12.1 Å². The van der Waals surface area contributed by atoms with Gasteiger partial charge in [-0.05, 0) is 25.0 Å². The lowest BCUT2D eigenvalue weighted by Crippen LogP contribution is -2.42. The van der Waals surface area contributed by atoms with Gasteiger partial charge < -0.3 is 15.2 Å². The van der Waals surface area contributed by atoms with Crippen molar-refractivity contribution in [2.24, 2.45) is 5.41 Å². The van der Waals surface area contributed by atoms with Crippen molar-refractivity contribution in [1.29, 1.82) is 0 Å². The lowest BCUT2D eigenvalue weighted by atomic mass is 9.80. The third-order valence-corrected chi connectivity index (χ3v) is 3.69. The van der Waals surface area contributed by atoms with E-state index in [1.54, 1.807) is 0 Å². The topological polar surface area (TPSA) is 102 Å². The molecule has 0 atom stereocenters. The molecule has 1 saturated heterocycles. The average Bonchev–Trinajstić information content (AvgIpc) is 2.45. The Morgan fingerprint density at radius 3 is 2.71 bits per heavy atom. The Morgan fingerprint density at radius 1 is 1.48 bits per heavy atom. The van der Waals surface area contributed by atoms with Gasteiger partial charge >= 0.3 is 11.7 Å². The van der Waals surface area contributed by atoms with Gasteiger partial charge in [-0.15, -0.1) is 0 Å². The number of hydrogen-bond donors (Lipinski definition) is 2. The van der Waals surface area contributed by atoms with Gasteiger partial charge in [0.1, 0.15) is 5.69 Å². The van der Waals surface area contributed by atoms with Crippen molar-refractivity contribution < 1.29 is 24.0 Å². The minimum atomic E-state index is -1.06. The highest BCUT2D eigenvalue weighted by atomic mass is 19.1. The molecule has 0 radical (unpaired) electrons. The maximum absolute atomic E-state index is 13.5. The molecule has 0 aromatic heterocycles. The Hall–Kier alpha value is -2.22. The van der Waals surface area contributed by atoms with Gasteiger partial charge in [0.2, 0.25) is 5.82 Å². The Balaban J connectivity index is 2.20. The molecule has 21 heavy (non-hydrogen) atoms. The summed E-state index contributed by atoms with van der Waals surface area (Å²) in [5.41, 5.74) is -1.75. The summed E-state index contributed by atoms with van der Waals surface area (Å²) in [5.74, 6) is -1.95. The average molecular weight is 298 g/mol. The number of ether oxygens (including phenoxy) is 1. The fourth-order valence-electron chi connectivity index (χ4n) is 2.34. The van der Waals surface area contributed by atoms with Crippen molar-refractivity contribution in [1.82, 2.24) is 0 Å². The quantitative estimate of drug-likeness (QED) is 0.637. The van der Waals surface area contributed by atoms with Crippen LogP contribution in [0.3, 0.4) is 0 Å². The van der Waals surface area contributed by atoms with E-state index >= 15 is 0 Å². The van der Waals surface area contributed by atoms with Gasteiger partial charge in [0, 0.05) is 19.8 Å². The van der Waals surface area contributed by atoms with Crippen molar-refractivity contribution in [2.75, 3.05) is 25.1 Å². The standard InChI is InChI=1S/C13H15FN2O5/c14-9-2-1-3-10(11(9)16(19)20)15-8-13(12(17)18)4-6-21-7-5-13/h1-3,15H,4-8H2,(H,17,18). The molecule has 0 aliphatic carbocycles. The fraction of sp³-hybridized carbons (Fsp3) is 0.462. The number of nitrogens with one attached hydrogen (secondary N) is 1. The maximum Gasteiger partial charge on any atom is 0.327 e. The number of nitro benzene ring substituents is 1. The van der Waals surface area contributed by atoms with E-state index in [0.29, 0.717) is 26.1 Å². The summed E-state index contributed by atoms with van der Waals surface area (Å²) in [6.07, 6.45) is 0.608. The van der Waals surface area contributed by atoms with Crippen LogP contribution >= 0.6 is 0 Å². The first kappa shape index (κ1) is 15.2. The molecule has 1 fully saturated rings. The van der Waals surface area contributed by atoms with Crippen LogP contribution in [0.2, 0.25) is 0 Å². The SMILES string of the molecule is O=C(O)C1(CNc2cccc(F)c2[N+](=O)[O-])CCOCC1. The minimum absolute atomic E-state index is 0.0179. The molecule has 0 saturated carbocycles. The molecule has 114 valence electrons. The number of aliphatic carboxylic acids is 1. The molecule has 7 nitrogen and oxygen atoms in total. The van der Waals surface area contributed by atoms with Gasteiger partial charge in [-0.1, -0.05) is 6.07 Å². The largest absolute Gasteiger partial charge is 0.481 e. The maximum atomic E-state index is 13.5. The zero-order valence-corrected chi connectivity index (χ0v) is 11.2. The normalized spacial score (nSPS) is 17.2. The molecule has 0 bridgehead atoms. The summed E-state index contributed by atoms with van der Waals surface area (Å²) in [7, 11) is 0. The minimum Gasteiger partial charge on any atom is -0.481 e. The number of rotatable bonds is 5. The zero-order valence-electron chi connectivity index (χ0n) is 11.2. The summed E-state index contributed by atoms with van der Waals surface area (Å²) >= 11 is 0. The highest BCUT2D eigenvalue weighted by molar-refractivity contribution is 5.76. The van der Waals surface area contributed by atoms with Crippen molar-refractivity contribution in [3.05, 3.63) is 34.1 Å². The van der Waals surface area contributed by atoms with Crippen LogP contribution in [0.25, 0.3) is 0 Å². The highest BCUT2D eigenvalue weighted by Gasteiger charge is 2.40. The van der Waals surface area contributed by atoms with E-state index in [0.717, 1.165) is 6.07 Å². The van der Waals surface area contributed by atoms with Crippen LogP contribution in [0, 0.1) is 21.3 Å². The number of carbonyl (C=O) groups is 1. The summed E-state index contributed by atoms with van der Waals surface area (Å²) in [4.78, 5) is 21.6. The monoisotopic (exact) mass is 298 g/mol. The van der Waals surface area contributed by atoms with Gasteiger partial charge in [0.05, 0.1) is 10.3 Å². The van der Waals surface area contributed by atoms with Gasteiger partial charge in [0.25, 0.3) is 0 Å². The summed E-state index contributed by atoms with van der Waals surface area (Å²) in [6.45, 7) is 0.619. The third-order valence-electron chi connectivity index (χ3n) is 3.69. The van der Waals surface area contributed by atoms with Crippen LogP contribution in [0.4, 0.5) is 15.8 Å². The first-order valence-electron chi connectivity index (χ1n) is 6.44. The number of carboxylic acids is 1. The number of nitro groups is 1. The second-order valence-electron chi connectivity index (χ2n) is 4.94. The lowest BCUT2D eigenvalue weighted by molar-refractivity contribution is -0.386. The van der Waals surface area contributed by atoms with Crippen molar-refractivity contribution in [2.45, 2.75) is 12.8 Å². The van der Waals surface area contributed by atoms with Crippen LogP contribution in [-0.2, 0) is 9.53 Å². The predicted molar refractivity (Wildman–Crippen MR) is 71.7 cm³/mol. The van der Waals surface area contributed by atoms with E-state index < -0.39 is 27.8 Å². The molecule has 1 aliphatic rings. The van der Waals surface area contributed by atoms with Crippen LogP contribution in [0.5, 0.6) is 0 Å². The molecule has 1 aromatic rings. The molecule has 0 unspecified atom stereocenters. The Morgan fingerprint density at radius 2 is 2.14 bits per heavy atom. The van der Waals surface area contributed by atoms with E-state index in [9.17, 15) is 24.4 Å². The third kappa shape index (κ3) is 3.10. The molecule has 1 aromatic carbocycles. The van der Waals surface area contributed by atoms with Gasteiger partial charge in [-0.2, -0.15) is 4.39 Å². The van der Waals surface area contributed by atoms with Crippen LogP contribution < -0.4 is 5.32 Å². The van der Waals surface area contributed by atoms with Gasteiger partial charge in [0.15, 0.2) is 0 Å². The number of hydrogen-bond acceptors (Lipinski definition) is 5. The summed E-state index contributed by atoms with van der Waals surface area (Å²) in [6, 6.07) is 3.68. The lowest BCUT2D eigenvalue weighted by Gasteiger charge is -2.33. The Bertz CT molecular complexity index is 557. The van der Waals surface area contributed by atoms with Crippen molar-refractivity contribution in [3.8, 4) is 0 Å². The molecular weight excluding hydrogens is 283 g/mol. The summed E-state index contributed by atoms with van der Waals surface area (Å²) in [5, 5.41) is 23.0. The second-order valence-corrected chi connectivity index (χ2v) is 4.94. The van der Waals surface area contributed by atoms with Crippen LogP contribution in [-0.4, -0.2) is 35.8 Å². The van der Waals surface area contributed by atoms with Crippen LogP contribution in [0.1, 0.15) is 12.8 Å². The van der Waals surface area contributed by atoms with Gasteiger partial charge in [-0.3, -0.25) is 14.9 Å². The van der Waals surface area contributed by atoms with Crippen LogP contribution in [0.15, 0.2) is 18.2 Å². The number of halogens is 1. The molecule has 1 heterocycles. The predicted octanol–water partition coefficient (Wildman–Crippen LogP) is 2.03. The van der Waals surface area contributed by atoms with E-state index in [4.69, 9.17) is 4.74 Å². The van der Waals surface area contributed by atoms with E-state index in [1.807, 2.05) is 0 Å². The number of nitrogens with zero attached hydrogens (tertiary/aromatic N) is 1. The first-order valence-corrected chi connectivity index (χ1v) is 6.44. The molecule has 1 aliphatic heterocycles. The Labute approximate surface area is 119 Å².